The van der Waals surface area contributed by atoms with Gasteiger partial charge in [0.15, 0.2) is 0 Å². The van der Waals surface area contributed by atoms with E-state index < -0.39 is 24.6 Å². The highest BCUT2D eigenvalue weighted by molar-refractivity contribution is 5.74. The lowest BCUT2D eigenvalue weighted by molar-refractivity contribution is -0.155. The van der Waals surface area contributed by atoms with Gasteiger partial charge < -0.3 is 15.3 Å². The SMILES string of the molecule is CCCCCC(CO)(CO)C(=O)O. The molecule has 0 heterocycles. The summed E-state index contributed by atoms with van der Waals surface area (Å²) in [6, 6.07) is 0. The summed E-state index contributed by atoms with van der Waals surface area (Å²) in [7, 11) is 0. The molecule has 3 N–H and O–H groups in total. The molecule has 0 rings (SSSR count). The van der Waals surface area contributed by atoms with E-state index in [1.165, 1.54) is 0 Å². The van der Waals surface area contributed by atoms with Gasteiger partial charge in [-0.15, -0.1) is 0 Å². The average molecular weight is 190 g/mol. The number of rotatable bonds is 7. The smallest absolute Gasteiger partial charge is 0.314 e. The number of carboxylic acid groups (broad SMARTS) is 1. The summed E-state index contributed by atoms with van der Waals surface area (Å²) >= 11 is 0. The Balaban J connectivity index is 4.14. The molecule has 0 saturated carbocycles. The maximum Gasteiger partial charge on any atom is 0.314 e. The highest BCUT2D eigenvalue weighted by atomic mass is 16.4. The Labute approximate surface area is 78.2 Å². The van der Waals surface area contributed by atoms with Gasteiger partial charge in [-0.1, -0.05) is 26.2 Å². The molecule has 0 bridgehead atoms. The monoisotopic (exact) mass is 190 g/mol. The first kappa shape index (κ1) is 12.4. The molecule has 0 aromatic carbocycles. The molecule has 0 aromatic heterocycles. The lowest BCUT2D eigenvalue weighted by Crippen LogP contribution is -2.38. The maximum atomic E-state index is 10.8. The highest BCUT2D eigenvalue weighted by Crippen LogP contribution is 2.24. The fourth-order valence-electron chi connectivity index (χ4n) is 1.16. The Kier molecular flexibility index (Phi) is 5.66. The molecular formula is C9H18O4. The average Bonchev–Trinajstić information content (AvgIpc) is 2.13. The van der Waals surface area contributed by atoms with Crippen LogP contribution in [0.15, 0.2) is 0 Å². The fourth-order valence-corrected chi connectivity index (χ4v) is 1.16. The van der Waals surface area contributed by atoms with Crippen molar-refractivity contribution in [2.45, 2.75) is 32.6 Å². The molecule has 0 amide bonds. The molecule has 0 aliphatic rings. The Hall–Kier alpha value is -0.610. The van der Waals surface area contributed by atoms with Crippen LogP contribution in [0.4, 0.5) is 0 Å². The van der Waals surface area contributed by atoms with E-state index in [1.807, 2.05) is 6.92 Å². The predicted octanol–water partition coefficient (Wildman–Crippen LogP) is 0.622. The summed E-state index contributed by atoms with van der Waals surface area (Å²) in [6.07, 6.45) is 2.98. The normalized spacial score (nSPS) is 11.6. The van der Waals surface area contributed by atoms with Crippen molar-refractivity contribution in [2.24, 2.45) is 5.41 Å². The van der Waals surface area contributed by atoms with E-state index in [2.05, 4.69) is 0 Å². The van der Waals surface area contributed by atoms with Gasteiger partial charge in [0.05, 0.1) is 13.2 Å². The van der Waals surface area contributed by atoms with Gasteiger partial charge in [-0.25, -0.2) is 0 Å². The minimum Gasteiger partial charge on any atom is -0.481 e. The summed E-state index contributed by atoms with van der Waals surface area (Å²) in [4.78, 5) is 10.8. The Morgan fingerprint density at radius 1 is 1.23 bits per heavy atom. The molecule has 0 saturated heterocycles. The van der Waals surface area contributed by atoms with E-state index in [-0.39, 0.29) is 0 Å². The van der Waals surface area contributed by atoms with Crippen LogP contribution in [-0.2, 0) is 4.79 Å². The van der Waals surface area contributed by atoms with Crippen molar-refractivity contribution >= 4 is 5.97 Å². The van der Waals surface area contributed by atoms with Gasteiger partial charge in [0, 0.05) is 0 Å². The molecule has 78 valence electrons. The second kappa shape index (κ2) is 5.94. The Morgan fingerprint density at radius 3 is 2.08 bits per heavy atom. The van der Waals surface area contributed by atoms with Gasteiger partial charge in [-0.3, -0.25) is 4.79 Å². The van der Waals surface area contributed by atoms with Crippen molar-refractivity contribution in [3.05, 3.63) is 0 Å². The van der Waals surface area contributed by atoms with Crippen LogP contribution in [0.3, 0.4) is 0 Å². The fraction of sp³-hybridized carbons (Fsp3) is 0.889. The number of hydrogen-bond donors (Lipinski definition) is 3. The number of carboxylic acids is 1. The molecule has 0 atom stereocenters. The van der Waals surface area contributed by atoms with Gasteiger partial charge in [-0.2, -0.15) is 0 Å². The van der Waals surface area contributed by atoms with E-state index >= 15 is 0 Å². The standard InChI is InChI=1S/C9H18O4/c1-2-3-4-5-9(6-10,7-11)8(12)13/h10-11H,2-7H2,1H3,(H,12,13). The van der Waals surface area contributed by atoms with E-state index in [1.54, 1.807) is 0 Å². The Morgan fingerprint density at radius 2 is 1.77 bits per heavy atom. The zero-order valence-electron chi connectivity index (χ0n) is 7.99. The zero-order chi connectivity index (χ0) is 10.3. The van der Waals surface area contributed by atoms with E-state index in [0.29, 0.717) is 6.42 Å². The molecule has 0 spiro atoms. The van der Waals surface area contributed by atoms with Crippen molar-refractivity contribution in [3.8, 4) is 0 Å². The molecule has 13 heavy (non-hydrogen) atoms. The summed E-state index contributed by atoms with van der Waals surface area (Å²) in [6.45, 7) is 1.02. The number of hydrogen-bond acceptors (Lipinski definition) is 3. The topological polar surface area (TPSA) is 77.8 Å². The van der Waals surface area contributed by atoms with E-state index in [0.717, 1.165) is 19.3 Å². The van der Waals surface area contributed by atoms with Gasteiger partial charge in [0.2, 0.25) is 0 Å². The van der Waals surface area contributed by atoms with Crippen molar-refractivity contribution in [2.75, 3.05) is 13.2 Å². The second-order valence-electron chi connectivity index (χ2n) is 3.36. The van der Waals surface area contributed by atoms with Gasteiger partial charge >= 0.3 is 5.97 Å². The third-order valence-corrected chi connectivity index (χ3v) is 2.32. The van der Waals surface area contributed by atoms with E-state index in [4.69, 9.17) is 15.3 Å². The summed E-state index contributed by atoms with van der Waals surface area (Å²) in [5.74, 6) is -1.12. The summed E-state index contributed by atoms with van der Waals surface area (Å²) in [5, 5.41) is 26.6. The highest BCUT2D eigenvalue weighted by Gasteiger charge is 2.36. The van der Waals surface area contributed by atoms with Crippen LogP contribution in [-0.4, -0.2) is 34.5 Å². The summed E-state index contributed by atoms with van der Waals surface area (Å²) < 4.78 is 0. The Bertz CT molecular complexity index is 152. The number of carbonyl (C=O) groups is 1. The first-order valence-electron chi connectivity index (χ1n) is 4.58. The van der Waals surface area contributed by atoms with Crippen molar-refractivity contribution in [1.29, 1.82) is 0 Å². The van der Waals surface area contributed by atoms with Gasteiger partial charge in [-0.05, 0) is 6.42 Å². The van der Waals surface area contributed by atoms with Crippen molar-refractivity contribution in [3.63, 3.8) is 0 Å². The minimum absolute atomic E-state index is 0.336. The van der Waals surface area contributed by atoms with Gasteiger partial charge in [0.25, 0.3) is 0 Å². The molecule has 0 aromatic rings. The molecule has 0 fully saturated rings. The predicted molar refractivity (Wildman–Crippen MR) is 48.4 cm³/mol. The molecule has 4 heteroatoms. The van der Waals surface area contributed by atoms with Crippen LogP contribution in [0.5, 0.6) is 0 Å². The molecule has 4 nitrogen and oxygen atoms in total. The lowest BCUT2D eigenvalue weighted by Gasteiger charge is -2.24. The minimum atomic E-state index is -1.34. The van der Waals surface area contributed by atoms with Crippen LogP contribution < -0.4 is 0 Å². The first-order valence-corrected chi connectivity index (χ1v) is 4.58. The quantitative estimate of drug-likeness (QED) is 0.514. The maximum absolute atomic E-state index is 10.8. The molecule has 0 unspecified atom stereocenters. The molecular weight excluding hydrogens is 172 g/mol. The number of unbranched alkanes of at least 4 members (excludes halogenated alkanes) is 2. The third kappa shape index (κ3) is 3.32. The van der Waals surface area contributed by atoms with Crippen LogP contribution in [0.1, 0.15) is 32.6 Å². The van der Waals surface area contributed by atoms with Crippen LogP contribution in [0, 0.1) is 5.41 Å². The number of aliphatic hydroxyl groups is 2. The molecule has 0 aliphatic carbocycles. The van der Waals surface area contributed by atoms with Crippen LogP contribution in [0.25, 0.3) is 0 Å². The van der Waals surface area contributed by atoms with Crippen LogP contribution >= 0.6 is 0 Å². The van der Waals surface area contributed by atoms with Crippen molar-refractivity contribution in [1.82, 2.24) is 0 Å². The van der Waals surface area contributed by atoms with Crippen molar-refractivity contribution < 1.29 is 20.1 Å². The van der Waals surface area contributed by atoms with Crippen LogP contribution in [0.2, 0.25) is 0 Å². The number of aliphatic hydroxyl groups excluding tert-OH is 2. The third-order valence-electron chi connectivity index (χ3n) is 2.32. The zero-order valence-corrected chi connectivity index (χ0v) is 7.99. The second-order valence-corrected chi connectivity index (χ2v) is 3.36. The van der Waals surface area contributed by atoms with Gasteiger partial charge in [0.1, 0.15) is 5.41 Å². The largest absolute Gasteiger partial charge is 0.481 e. The molecule has 0 aliphatic heterocycles. The lowest BCUT2D eigenvalue weighted by atomic mass is 9.84. The summed E-state index contributed by atoms with van der Waals surface area (Å²) in [5.41, 5.74) is -1.34. The first-order chi connectivity index (χ1) is 6.13. The van der Waals surface area contributed by atoms with E-state index in [9.17, 15) is 4.79 Å². The number of aliphatic carboxylic acids is 1. The molecule has 0 radical (unpaired) electrons.